The number of esters is 1. The number of phenolic OH excluding ortho intramolecular Hbond substituents is 1. The number of ether oxygens (including phenoxy) is 6. The monoisotopic (exact) mass is 550 g/mol. The van der Waals surface area contributed by atoms with Crippen molar-refractivity contribution in [1.82, 2.24) is 0 Å². The van der Waals surface area contributed by atoms with Crippen LogP contribution in [0.2, 0.25) is 0 Å². The second kappa shape index (κ2) is 11.9. The molecule has 1 fully saturated rings. The van der Waals surface area contributed by atoms with Crippen LogP contribution in [0.15, 0.2) is 30.3 Å². The highest BCUT2D eigenvalue weighted by Gasteiger charge is 2.45. The van der Waals surface area contributed by atoms with E-state index >= 15 is 0 Å². The van der Waals surface area contributed by atoms with Crippen molar-refractivity contribution in [2.24, 2.45) is 0 Å². The van der Waals surface area contributed by atoms with Gasteiger partial charge in [-0.25, -0.2) is 0 Å². The summed E-state index contributed by atoms with van der Waals surface area (Å²) in [5, 5.41) is 50.2. The van der Waals surface area contributed by atoms with E-state index in [1.165, 1.54) is 14.2 Å². The number of hydrogen-bond acceptors (Lipinski definition) is 12. The number of rotatable bonds is 9. The second-order valence-electron chi connectivity index (χ2n) is 9.11. The first-order valence-corrected chi connectivity index (χ1v) is 12.1. The summed E-state index contributed by atoms with van der Waals surface area (Å²) in [5.74, 6) is -1.26. The van der Waals surface area contributed by atoms with Crippen molar-refractivity contribution >= 4 is 11.9 Å². The fourth-order valence-corrected chi connectivity index (χ4v) is 4.52. The van der Waals surface area contributed by atoms with Crippen LogP contribution in [0.25, 0.3) is 0 Å². The lowest BCUT2D eigenvalue weighted by atomic mass is 9.89. The number of carbonyl (C=O) groups excluding carboxylic acids is 1. The molecule has 4 rings (SSSR count). The van der Waals surface area contributed by atoms with Crippen molar-refractivity contribution in [3.63, 3.8) is 0 Å². The first kappa shape index (κ1) is 28.2. The Morgan fingerprint density at radius 2 is 1.79 bits per heavy atom. The Hall–Kier alpha value is -3.78. The number of aromatic hydroxyl groups is 1. The van der Waals surface area contributed by atoms with E-state index in [0.717, 1.165) is 5.56 Å². The summed E-state index contributed by atoms with van der Waals surface area (Å²) in [6.45, 7) is -0.314. The molecule has 0 spiro atoms. The summed E-state index contributed by atoms with van der Waals surface area (Å²) in [4.78, 5) is 22.2. The number of methoxy groups -OCH3 is 2. The first-order chi connectivity index (χ1) is 18.6. The molecule has 0 amide bonds. The number of hydrogen-bond donors (Lipinski definition) is 5. The molecule has 6 atom stereocenters. The van der Waals surface area contributed by atoms with Gasteiger partial charge in [-0.2, -0.15) is 0 Å². The zero-order chi connectivity index (χ0) is 28.3. The van der Waals surface area contributed by atoms with Gasteiger partial charge in [0, 0.05) is 17.5 Å². The number of carboxylic acid groups (broad SMARTS) is 1. The lowest BCUT2D eigenvalue weighted by Crippen LogP contribution is -2.60. The van der Waals surface area contributed by atoms with Crippen molar-refractivity contribution in [3.8, 4) is 28.7 Å². The third kappa shape index (κ3) is 6.11. The number of carbonyl (C=O) groups is 2. The SMILES string of the molecule is COc1ccc([C@H]2COc3cc(O[C@@H]4O[C@H](COC(=O)CC(=O)O)[C@@H](O)[C@H](O)[C@H]4O)ccc3C2)c(O)c1OC. The minimum atomic E-state index is -1.68. The smallest absolute Gasteiger partial charge is 0.317 e. The number of aliphatic hydroxyl groups excluding tert-OH is 3. The minimum absolute atomic E-state index is 0.0266. The zero-order valence-corrected chi connectivity index (χ0v) is 21.2. The van der Waals surface area contributed by atoms with E-state index in [2.05, 4.69) is 0 Å². The second-order valence-corrected chi connectivity index (χ2v) is 9.11. The Morgan fingerprint density at radius 1 is 1.03 bits per heavy atom. The van der Waals surface area contributed by atoms with Gasteiger partial charge >= 0.3 is 11.9 Å². The molecule has 1 saturated heterocycles. The predicted molar refractivity (Wildman–Crippen MR) is 130 cm³/mol. The molecule has 0 unspecified atom stereocenters. The van der Waals surface area contributed by atoms with Crippen LogP contribution >= 0.6 is 0 Å². The van der Waals surface area contributed by atoms with Gasteiger partial charge in [-0.1, -0.05) is 12.1 Å². The number of fused-ring (bicyclic) bond motifs is 1. The van der Waals surface area contributed by atoms with Crippen LogP contribution < -0.4 is 18.9 Å². The molecule has 2 aromatic rings. The molecule has 39 heavy (non-hydrogen) atoms. The Kier molecular flexibility index (Phi) is 8.65. The van der Waals surface area contributed by atoms with Gasteiger partial charge in [0.05, 0.1) is 20.8 Å². The van der Waals surface area contributed by atoms with Gasteiger partial charge < -0.3 is 54.0 Å². The first-order valence-electron chi connectivity index (χ1n) is 12.1. The number of aliphatic carboxylic acids is 1. The fraction of sp³-hybridized carbons (Fsp3) is 0.462. The summed E-state index contributed by atoms with van der Waals surface area (Å²) in [6, 6.07) is 8.40. The van der Waals surface area contributed by atoms with Crippen LogP contribution in [0.1, 0.15) is 23.5 Å². The minimum Gasteiger partial charge on any atom is -0.504 e. The maximum atomic E-state index is 11.5. The Bertz CT molecular complexity index is 1200. The Labute approximate surface area is 223 Å². The van der Waals surface area contributed by atoms with Crippen LogP contribution in [0.4, 0.5) is 0 Å². The lowest BCUT2D eigenvalue weighted by molar-refractivity contribution is -0.278. The summed E-state index contributed by atoms with van der Waals surface area (Å²) in [5.41, 5.74) is 1.47. The summed E-state index contributed by atoms with van der Waals surface area (Å²) in [6.07, 6.45) is -8.00. The standard InChI is InChI=1S/C26H30O13/c1-34-16-6-5-15(21(30)25(16)35-2)13-7-12-3-4-14(8-17(12)36-10-13)38-26-24(33)23(32)22(31)18(39-26)11-37-20(29)9-19(27)28/h3-6,8,13,18,22-24,26,30-33H,7,9-11H2,1-2H3,(H,27,28)/t13-,18-,22-,23+,24-,26-/m1/s1. The van der Waals surface area contributed by atoms with Crippen LogP contribution in [-0.4, -0.2) is 95.6 Å². The molecular formula is C26H30O13. The van der Waals surface area contributed by atoms with Crippen molar-refractivity contribution in [2.75, 3.05) is 27.4 Å². The molecule has 0 radical (unpaired) electrons. The quantitative estimate of drug-likeness (QED) is 0.212. The van der Waals surface area contributed by atoms with E-state index < -0.39 is 55.7 Å². The van der Waals surface area contributed by atoms with Crippen molar-refractivity contribution in [1.29, 1.82) is 0 Å². The lowest BCUT2D eigenvalue weighted by Gasteiger charge is -2.40. The number of phenols is 1. The topological polar surface area (TPSA) is 191 Å². The highest BCUT2D eigenvalue weighted by atomic mass is 16.7. The zero-order valence-electron chi connectivity index (χ0n) is 21.2. The largest absolute Gasteiger partial charge is 0.504 e. The predicted octanol–water partition coefficient (Wildman–Crippen LogP) is 0.332. The normalized spacial score (nSPS) is 26.1. The van der Waals surface area contributed by atoms with E-state index in [1.54, 1.807) is 30.3 Å². The van der Waals surface area contributed by atoms with E-state index in [1.807, 2.05) is 0 Å². The summed E-state index contributed by atoms with van der Waals surface area (Å²) >= 11 is 0. The third-order valence-corrected chi connectivity index (χ3v) is 6.56. The van der Waals surface area contributed by atoms with Gasteiger partial charge in [0.15, 0.2) is 11.5 Å². The van der Waals surface area contributed by atoms with E-state index in [9.17, 15) is 30.0 Å². The molecule has 212 valence electrons. The number of aliphatic hydroxyl groups is 3. The maximum absolute atomic E-state index is 11.5. The molecule has 13 heteroatoms. The molecular weight excluding hydrogens is 520 g/mol. The van der Waals surface area contributed by atoms with E-state index in [0.29, 0.717) is 23.5 Å². The molecule has 2 aliphatic rings. The van der Waals surface area contributed by atoms with E-state index in [4.69, 9.17) is 33.5 Å². The molecule has 2 aliphatic heterocycles. The summed E-state index contributed by atoms with van der Waals surface area (Å²) in [7, 11) is 2.92. The molecule has 0 saturated carbocycles. The van der Waals surface area contributed by atoms with Crippen LogP contribution in [0.5, 0.6) is 28.7 Å². The van der Waals surface area contributed by atoms with Crippen molar-refractivity contribution < 1.29 is 63.5 Å². The van der Waals surface area contributed by atoms with Gasteiger partial charge in [0.2, 0.25) is 12.0 Å². The van der Waals surface area contributed by atoms with Crippen molar-refractivity contribution in [3.05, 3.63) is 41.5 Å². The average molecular weight is 551 g/mol. The van der Waals surface area contributed by atoms with Gasteiger partial charge in [-0.15, -0.1) is 0 Å². The molecule has 13 nitrogen and oxygen atoms in total. The highest BCUT2D eigenvalue weighted by molar-refractivity contribution is 5.90. The molecule has 0 aliphatic carbocycles. The van der Waals surface area contributed by atoms with Gasteiger partial charge in [0.25, 0.3) is 0 Å². The molecule has 2 aromatic carbocycles. The molecule has 5 N–H and O–H groups in total. The van der Waals surface area contributed by atoms with Gasteiger partial charge in [-0.05, 0) is 24.1 Å². The number of benzene rings is 2. The highest BCUT2D eigenvalue weighted by Crippen LogP contribution is 2.44. The Balaban J connectivity index is 1.44. The van der Waals surface area contributed by atoms with Crippen LogP contribution in [0, 0.1) is 0 Å². The number of carboxylic acids is 1. The van der Waals surface area contributed by atoms with Crippen LogP contribution in [0.3, 0.4) is 0 Å². The van der Waals surface area contributed by atoms with E-state index in [-0.39, 0.29) is 29.8 Å². The third-order valence-electron chi connectivity index (χ3n) is 6.56. The Morgan fingerprint density at radius 3 is 2.49 bits per heavy atom. The van der Waals surface area contributed by atoms with Gasteiger partial charge in [0.1, 0.15) is 48.9 Å². The average Bonchev–Trinajstić information content (AvgIpc) is 2.91. The molecule has 0 bridgehead atoms. The summed E-state index contributed by atoms with van der Waals surface area (Å²) < 4.78 is 32.5. The van der Waals surface area contributed by atoms with Crippen LogP contribution in [-0.2, 0) is 25.5 Å². The fourth-order valence-electron chi connectivity index (χ4n) is 4.52. The molecule has 2 heterocycles. The van der Waals surface area contributed by atoms with Crippen molar-refractivity contribution in [2.45, 2.75) is 49.5 Å². The van der Waals surface area contributed by atoms with Gasteiger partial charge in [-0.3, -0.25) is 9.59 Å². The maximum Gasteiger partial charge on any atom is 0.317 e. The molecule has 0 aromatic heterocycles.